The standard InChI is InChI=1S/C37H44N4O3S/c1-5-41(36(42)39-26-30-16-22-33(23-17-30)37(2,3)4)35(38)13-9-12-28-14-18-31(19-15-28)32-20-24-34(25-21-32)45(43,44)40-27-29-10-7-6-8-11-29/h6-8,10-11,14-25,38,40H,5,9,12-13,26-27H2,1-4H3,(H,39,42). The number of aryl methyl sites for hydroxylation is 1. The summed E-state index contributed by atoms with van der Waals surface area (Å²) in [6, 6.07) is 32.5. The van der Waals surface area contributed by atoms with Crippen LogP contribution in [0.3, 0.4) is 0 Å². The number of hydrogen-bond donors (Lipinski definition) is 3. The Labute approximate surface area is 268 Å². The summed E-state index contributed by atoms with van der Waals surface area (Å²) < 4.78 is 28.1. The SMILES string of the molecule is CCN(C(=N)CCCc1ccc(-c2ccc(S(=O)(=O)NCc3ccccc3)cc2)cc1)C(=O)NCc1ccc(C(C)(C)C)cc1. The van der Waals surface area contributed by atoms with Crippen LogP contribution in [0.5, 0.6) is 0 Å². The molecule has 8 heteroatoms. The van der Waals surface area contributed by atoms with Crippen LogP contribution < -0.4 is 10.0 Å². The van der Waals surface area contributed by atoms with Crippen molar-refractivity contribution >= 4 is 21.9 Å². The molecule has 3 N–H and O–H groups in total. The third kappa shape index (κ3) is 9.61. The molecule has 4 rings (SSSR count). The van der Waals surface area contributed by atoms with Crippen molar-refractivity contribution in [3.63, 3.8) is 0 Å². The minimum absolute atomic E-state index is 0.0819. The topological polar surface area (TPSA) is 102 Å². The van der Waals surface area contributed by atoms with Crippen LogP contribution in [0.15, 0.2) is 108 Å². The Morgan fingerprint density at radius 3 is 1.89 bits per heavy atom. The highest BCUT2D eigenvalue weighted by Gasteiger charge is 2.17. The molecule has 2 amide bonds. The highest BCUT2D eigenvalue weighted by Crippen LogP contribution is 2.24. The number of amides is 2. The Bertz CT molecular complexity index is 1660. The van der Waals surface area contributed by atoms with Gasteiger partial charge in [-0.2, -0.15) is 0 Å². The van der Waals surface area contributed by atoms with E-state index in [2.05, 4.69) is 55.1 Å². The Morgan fingerprint density at radius 1 is 0.756 bits per heavy atom. The molecule has 0 fully saturated rings. The molecular weight excluding hydrogens is 580 g/mol. The minimum Gasteiger partial charge on any atom is -0.334 e. The van der Waals surface area contributed by atoms with E-state index < -0.39 is 10.0 Å². The molecule has 0 heterocycles. The summed E-state index contributed by atoms with van der Waals surface area (Å²) in [6.45, 7) is 9.50. The molecule has 0 aliphatic rings. The number of benzene rings is 4. The van der Waals surface area contributed by atoms with E-state index in [9.17, 15) is 13.2 Å². The van der Waals surface area contributed by atoms with Gasteiger partial charge in [0.05, 0.1) is 4.90 Å². The second-order valence-electron chi connectivity index (χ2n) is 12.2. The van der Waals surface area contributed by atoms with Gasteiger partial charge in [0.1, 0.15) is 5.84 Å². The van der Waals surface area contributed by atoms with Crippen molar-refractivity contribution in [3.8, 4) is 11.1 Å². The van der Waals surface area contributed by atoms with E-state index in [0.29, 0.717) is 25.3 Å². The Balaban J connectivity index is 1.24. The van der Waals surface area contributed by atoms with E-state index in [1.165, 1.54) is 10.5 Å². The van der Waals surface area contributed by atoms with Crippen LogP contribution in [0.4, 0.5) is 4.79 Å². The number of nitrogens with one attached hydrogen (secondary N) is 3. The lowest BCUT2D eigenvalue weighted by Crippen LogP contribution is -2.43. The summed E-state index contributed by atoms with van der Waals surface area (Å²) in [5, 5.41) is 11.5. The van der Waals surface area contributed by atoms with E-state index in [4.69, 9.17) is 5.41 Å². The minimum atomic E-state index is -3.61. The van der Waals surface area contributed by atoms with Crippen molar-refractivity contribution in [1.29, 1.82) is 5.41 Å². The van der Waals surface area contributed by atoms with Crippen molar-refractivity contribution in [2.24, 2.45) is 0 Å². The van der Waals surface area contributed by atoms with Crippen LogP contribution >= 0.6 is 0 Å². The molecule has 4 aromatic rings. The third-order valence-electron chi connectivity index (χ3n) is 7.79. The molecule has 7 nitrogen and oxygen atoms in total. The van der Waals surface area contributed by atoms with Crippen LogP contribution in [-0.4, -0.2) is 31.7 Å². The molecule has 236 valence electrons. The largest absolute Gasteiger partial charge is 0.334 e. The first-order valence-electron chi connectivity index (χ1n) is 15.4. The Kier molecular flexibility index (Phi) is 11.3. The molecule has 45 heavy (non-hydrogen) atoms. The maximum atomic E-state index is 12.8. The second kappa shape index (κ2) is 15.1. The third-order valence-corrected chi connectivity index (χ3v) is 9.21. The van der Waals surface area contributed by atoms with Crippen LogP contribution in [-0.2, 0) is 34.9 Å². The average Bonchev–Trinajstić information content (AvgIpc) is 3.04. The van der Waals surface area contributed by atoms with Crippen molar-refractivity contribution in [2.75, 3.05) is 6.54 Å². The van der Waals surface area contributed by atoms with Crippen LogP contribution in [0.2, 0.25) is 0 Å². The summed E-state index contributed by atoms with van der Waals surface area (Å²) in [5.41, 5.74) is 6.32. The van der Waals surface area contributed by atoms with Crippen LogP contribution in [0.25, 0.3) is 11.1 Å². The number of hydrogen-bond acceptors (Lipinski definition) is 4. The fraction of sp³-hybridized carbons (Fsp3) is 0.297. The van der Waals surface area contributed by atoms with E-state index >= 15 is 0 Å². The van der Waals surface area contributed by atoms with Crippen LogP contribution in [0, 0.1) is 5.41 Å². The van der Waals surface area contributed by atoms with Gasteiger partial charge in [0.15, 0.2) is 0 Å². The van der Waals surface area contributed by atoms with E-state index in [0.717, 1.165) is 40.7 Å². The molecule has 0 radical (unpaired) electrons. The average molecular weight is 625 g/mol. The van der Waals surface area contributed by atoms with Gasteiger partial charge in [-0.3, -0.25) is 10.3 Å². The van der Waals surface area contributed by atoms with Crippen molar-refractivity contribution < 1.29 is 13.2 Å². The quantitative estimate of drug-likeness (QED) is 0.111. The Morgan fingerprint density at radius 2 is 1.31 bits per heavy atom. The molecule has 4 aromatic carbocycles. The number of carbonyl (C=O) groups is 1. The molecule has 0 atom stereocenters. The van der Waals surface area contributed by atoms with Gasteiger partial charge in [0.25, 0.3) is 0 Å². The summed E-state index contributed by atoms with van der Waals surface area (Å²) in [4.78, 5) is 14.5. The number of carbonyl (C=O) groups excluding carboxylic acids is 1. The van der Waals surface area contributed by atoms with Crippen LogP contribution in [0.1, 0.15) is 62.8 Å². The number of sulfonamides is 1. The lowest BCUT2D eigenvalue weighted by molar-refractivity contribution is 0.221. The van der Waals surface area contributed by atoms with E-state index in [-0.39, 0.29) is 22.9 Å². The lowest BCUT2D eigenvalue weighted by atomic mass is 9.87. The first kappa shape index (κ1) is 33.6. The van der Waals surface area contributed by atoms with Gasteiger partial charge >= 0.3 is 6.03 Å². The number of nitrogens with zero attached hydrogens (tertiary/aromatic N) is 1. The first-order chi connectivity index (χ1) is 21.5. The molecular formula is C37H44N4O3S. The van der Waals surface area contributed by atoms with Gasteiger partial charge in [0, 0.05) is 26.1 Å². The monoisotopic (exact) mass is 624 g/mol. The molecule has 0 spiro atoms. The molecule has 0 bridgehead atoms. The number of amidine groups is 1. The van der Waals surface area contributed by atoms with Gasteiger partial charge in [0.2, 0.25) is 10.0 Å². The first-order valence-corrected chi connectivity index (χ1v) is 16.9. The van der Waals surface area contributed by atoms with Gasteiger partial charge in [-0.15, -0.1) is 0 Å². The highest BCUT2D eigenvalue weighted by molar-refractivity contribution is 7.89. The number of urea groups is 1. The molecule has 0 saturated carbocycles. The maximum Gasteiger partial charge on any atom is 0.323 e. The summed E-state index contributed by atoms with van der Waals surface area (Å²) in [5.74, 6) is 0.308. The van der Waals surface area contributed by atoms with Crippen molar-refractivity contribution in [3.05, 3.63) is 125 Å². The predicted octanol–water partition coefficient (Wildman–Crippen LogP) is 7.66. The summed E-state index contributed by atoms with van der Waals surface area (Å²) in [7, 11) is -3.61. The van der Waals surface area contributed by atoms with E-state index in [1.54, 1.807) is 12.1 Å². The lowest BCUT2D eigenvalue weighted by Gasteiger charge is -2.22. The second-order valence-corrected chi connectivity index (χ2v) is 13.9. The van der Waals surface area contributed by atoms with Gasteiger partial charge in [-0.05, 0) is 70.7 Å². The molecule has 0 saturated heterocycles. The zero-order chi connectivity index (χ0) is 32.5. The number of rotatable bonds is 12. The predicted molar refractivity (Wildman–Crippen MR) is 183 cm³/mol. The Hall–Kier alpha value is -4.27. The molecule has 0 unspecified atom stereocenters. The fourth-order valence-corrected chi connectivity index (χ4v) is 6.01. The maximum absolute atomic E-state index is 12.8. The normalized spacial score (nSPS) is 11.6. The molecule has 0 aliphatic carbocycles. The van der Waals surface area contributed by atoms with Gasteiger partial charge < -0.3 is 5.32 Å². The summed E-state index contributed by atoms with van der Waals surface area (Å²) >= 11 is 0. The fourth-order valence-electron chi connectivity index (χ4n) is 5.00. The zero-order valence-corrected chi connectivity index (χ0v) is 27.5. The van der Waals surface area contributed by atoms with E-state index in [1.807, 2.05) is 73.7 Å². The summed E-state index contributed by atoms with van der Waals surface area (Å²) in [6.07, 6.45) is 2.03. The molecule has 0 aromatic heterocycles. The smallest absolute Gasteiger partial charge is 0.323 e. The van der Waals surface area contributed by atoms with Crippen molar-refractivity contribution in [1.82, 2.24) is 14.9 Å². The van der Waals surface area contributed by atoms with Gasteiger partial charge in [-0.1, -0.05) is 112 Å². The highest BCUT2D eigenvalue weighted by atomic mass is 32.2. The van der Waals surface area contributed by atoms with Crippen molar-refractivity contribution in [2.45, 2.75) is 70.4 Å². The zero-order valence-electron chi connectivity index (χ0n) is 26.6. The molecule has 0 aliphatic heterocycles. The van der Waals surface area contributed by atoms with Gasteiger partial charge in [-0.25, -0.2) is 17.9 Å².